The highest BCUT2D eigenvalue weighted by Crippen LogP contribution is 2.36. The number of para-hydroxylation sites is 1. The Morgan fingerprint density at radius 1 is 1.02 bits per heavy atom. The Labute approximate surface area is 242 Å². The Balaban J connectivity index is 1.42. The first-order valence-electron chi connectivity index (χ1n) is 14.9. The Morgan fingerprint density at radius 3 is 2.44 bits per heavy atom. The highest BCUT2D eigenvalue weighted by molar-refractivity contribution is 5.67. The molecule has 1 aromatic rings. The van der Waals surface area contributed by atoms with Crippen molar-refractivity contribution in [3.63, 3.8) is 0 Å². The molecule has 2 heterocycles. The molecule has 0 aromatic heterocycles. The number of carboxylic acids is 1. The van der Waals surface area contributed by atoms with Crippen LogP contribution in [-0.2, 0) is 28.5 Å². The van der Waals surface area contributed by atoms with Crippen molar-refractivity contribution < 1.29 is 48.5 Å². The molecule has 8 atom stereocenters. The van der Waals surface area contributed by atoms with Crippen LogP contribution in [0.15, 0.2) is 30.3 Å². The van der Waals surface area contributed by atoms with Crippen molar-refractivity contribution in [1.29, 1.82) is 0 Å². The number of aliphatic hydroxyl groups is 2. The molecule has 0 amide bonds. The summed E-state index contributed by atoms with van der Waals surface area (Å²) in [7, 11) is 0. The van der Waals surface area contributed by atoms with Crippen LogP contribution in [0.4, 0.5) is 0 Å². The summed E-state index contributed by atoms with van der Waals surface area (Å²) in [6.07, 6.45) is 2.22. The average molecular weight is 577 g/mol. The van der Waals surface area contributed by atoms with Gasteiger partial charge in [-0.3, -0.25) is 4.79 Å². The van der Waals surface area contributed by atoms with Gasteiger partial charge in [-0.05, 0) is 57.1 Å². The lowest BCUT2D eigenvalue weighted by Gasteiger charge is -2.32. The van der Waals surface area contributed by atoms with Gasteiger partial charge in [0.05, 0.1) is 31.3 Å². The first-order chi connectivity index (χ1) is 20.0. The van der Waals surface area contributed by atoms with Crippen molar-refractivity contribution in [2.24, 2.45) is 5.92 Å². The fraction of sp³-hybridized carbons (Fsp3) is 0.710. The number of carboxylic acid groups (broad SMARTS) is 1. The van der Waals surface area contributed by atoms with Crippen molar-refractivity contribution in [3.05, 3.63) is 30.3 Å². The van der Waals surface area contributed by atoms with Crippen molar-refractivity contribution >= 4 is 5.97 Å². The van der Waals surface area contributed by atoms with E-state index in [1.54, 1.807) is 0 Å². The molecule has 3 fully saturated rings. The SMILES string of the molecule is O=C(O)CCC#CC(O)CC1C(O)CC(OC2CCCCO2)C1OCC(COc1ccccc1)OC1CCCCO1. The number of hydrogen-bond acceptors (Lipinski definition) is 9. The van der Waals surface area contributed by atoms with Gasteiger partial charge in [-0.25, -0.2) is 0 Å². The highest BCUT2D eigenvalue weighted by atomic mass is 16.7. The quantitative estimate of drug-likeness (QED) is 0.284. The van der Waals surface area contributed by atoms with Crippen molar-refractivity contribution in [2.75, 3.05) is 26.4 Å². The number of rotatable bonds is 14. The fourth-order valence-corrected chi connectivity index (χ4v) is 5.47. The molecule has 228 valence electrons. The summed E-state index contributed by atoms with van der Waals surface area (Å²) in [5.74, 6) is 4.76. The van der Waals surface area contributed by atoms with E-state index in [4.69, 9.17) is 33.5 Å². The van der Waals surface area contributed by atoms with Gasteiger partial charge in [0.1, 0.15) is 24.6 Å². The number of carbonyl (C=O) groups is 1. The van der Waals surface area contributed by atoms with Gasteiger partial charge in [-0.15, -0.1) is 0 Å². The Hall–Kier alpha value is -2.23. The molecule has 2 aliphatic heterocycles. The standard InChI is InChI=1S/C31H44O10/c32-22(10-4-5-13-28(34)35)18-25-26(33)19-27(41-30-15-7-9-17-37-30)31(25)39-21-24(40-29-14-6-8-16-36-29)20-38-23-11-2-1-3-12-23/h1-3,11-12,22,24-27,29-33H,5-9,13-21H2,(H,34,35). The van der Waals surface area contributed by atoms with Crippen LogP contribution < -0.4 is 4.74 Å². The smallest absolute Gasteiger partial charge is 0.304 e. The van der Waals surface area contributed by atoms with Gasteiger partial charge in [0, 0.05) is 32.0 Å². The first-order valence-corrected chi connectivity index (χ1v) is 14.9. The van der Waals surface area contributed by atoms with E-state index in [1.807, 2.05) is 30.3 Å². The van der Waals surface area contributed by atoms with E-state index >= 15 is 0 Å². The molecule has 0 bridgehead atoms. The average Bonchev–Trinajstić information content (AvgIpc) is 3.26. The third kappa shape index (κ3) is 10.8. The number of aliphatic hydroxyl groups excluding tert-OH is 2. The van der Waals surface area contributed by atoms with Crippen molar-refractivity contribution in [3.8, 4) is 17.6 Å². The molecule has 41 heavy (non-hydrogen) atoms. The monoisotopic (exact) mass is 576 g/mol. The fourth-order valence-electron chi connectivity index (χ4n) is 5.47. The third-order valence-electron chi connectivity index (χ3n) is 7.58. The zero-order chi connectivity index (χ0) is 28.9. The summed E-state index contributed by atoms with van der Waals surface area (Å²) in [5.41, 5.74) is 0. The molecular weight excluding hydrogens is 532 g/mol. The maximum Gasteiger partial charge on any atom is 0.304 e. The van der Waals surface area contributed by atoms with E-state index in [9.17, 15) is 15.0 Å². The summed E-state index contributed by atoms with van der Waals surface area (Å²) in [4.78, 5) is 10.8. The largest absolute Gasteiger partial charge is 0.491 e. The van der Waals surface area contributed by atoms with Gasteiger partial charge in [0.2, 0.25) is 0 Å². The first kappa shape index (κ1) is 31.7. The zero-order valence-corrected chi connectivity index (χ0v) is 23.6. The minimum atomic E-state index is -1.04. The van der Waals surface area contributed by atoms with Gasteiger partial charge in [0.15, 0.2) is 12.6 Å². The van der Waals surface area contributed by atoms with Gasteiger partial charge >= 0.3 is 5.97 Å². The second kappa shape index (κ2) is 17.0. The molecule has 1 aliphatic carbocycles. The molecule has 10 heteroatoms. The van der Waals surface area contributed by atoms with Crippen LogP contribution in [0.5, 0.6) is 5.75 Å². The second-order valence-corrected chi connectivity index (χ2v) is 10.9. The van der Waals surface area contributed by atoms with E-state index in [-0.39, 0.29) is 45.1 Å². The van der Waals surface area contributed by atoms with E-state index < -0.39 is 42.4 Å². The summed E-state index contributed by atoms with van der Waals surface area (Å²) >= 11 is 0. The molecule has 8 unspecified atom stereocenters. The highest BCUT2D eigenvalue weighted by Gasteiger charge is 2.46. The molecule has 10 nitrogen and oxygen atoms in total. The summed E-state index contributed by atoms with van der Waals surface area (Å²) < 4.78 is 36.6. The lowest BCUT2D eigenvalue weighted by Crippen LogP contribution is -2.41. The Bertz CT molecular complexity index is 951. The molecule has 0 spiro atoms. The molecule has 4 rings (SSSR count). The number of hydrogen-bond donors (Lipinski definition) is 3. The molecule has 2 saturated heterocycles. The van der Waals surface area contributed by atoms with Gasteiger partial charge in [-0.2, -0.15) is 0 Å². The molecule has 1 aromatic carbocycles. The Kier molecular flexibility index (Phi) is 13.2. The normalized spacial score (nSPS) is 29.7. The number of ether oxygens (including phenoxy) is 6. The van der Waals surface area contributed by atoms with Crippen LogP contribution in [0.2, 0.25) is 0 Å². The minimum Gasteiger partial charge on any atom is -0.491 e. The Morgan fingerprint density at radius 2 is 1.76 bits per heavy atom. The molecular formula is C31H44O10. The topological polar surface area (TPSA) is 133 Å². The van der Waals surface area contributed by atoms with E-state index in [0.29, 0.717) is 19.6 Å². The predicted molar refractivity (Wildman–Crippen MR) is 148 cm³/mol. The van der Waals surface area contributed by atoms with Crippen LogP contribution >= 0.6 is 0 Å². The van der Waals surface area contributed by atoms with Crippen LogP contribution in [0.1, 0.15) is 64.2 Å². The van der Waals surface area contributed by atoms with Crippen LogP contribution in [-0.4, -0.2) is 90.8 Å². The summed E-state index contributed by atoms with van der Waals surface area (Å²) in [5, 5.41) is 30.4. The minimum absolute atomic E-state index is 0.0913. The molecule has 3 N–H and O–H groups in total. The second-order valence-electron chi connectivity index (χ2n) is 10.9. The lowest BCUT2D eigenvalue weighted by molar-refractivity contribution is -0.226. The summed E-state index contributed by atoms with van der Waals surface area (Å²) in [6.45, 7) is 1.70. The third-order valence-corrected chi connectivity index (χ3v) is 7.58. The number of benzene rings is 1. The molecule has 3 aliphatic rings. The van der Waals surface area contributed by atoms with Gasteiger partial charge in [0.25, 0.3) is 0 Å². The lowest BCUT2D eigenvalue weighted by atomic mass is 9.95. The maximum absolute atomic E-state index is 11.0. The maximum atomic E-state index is 11.0. The van der Waals surface area contributed by atoms with E-state index in [0.717, 1.165) is 44.3 Å². The van der Waals surface area contributed by atoms with Crippen LogP contribution in [0, 0.1) is 17.8 Å². The van der Waals surface area contributed by atoms with Crippen molar-refractivity contribution in [1.82, 2.24) is 0 Å². The van der Waals surface area contributed by atoms with Crippen LogP contribution in [0.25, 0.3) is 0 Å². The van der Waals surface area contributed by atoms with Gasteiger partial charge in [-0.1, -0.05) is 30.0 Å². The number of aliphatic carboxylic acids is 1. The predicted octanol–water partition coefficient (Wildman–Crippen LogP) is 3.27. The van der Waals surface area contributed by atoms with Crippen molar-refractivity contribution in [2.45, 2.75) is 107 Å². The molecule has 0 radical (unpaired) electrons. The van der Waals surface area contributed by atoms with Gasteiger partial charge < -0.3 is 43.7 Å². The van der Waals surface area contributed by atoms with E-state index in [1.165, 1.54) is 0 Å². The summed E-state index contributed by atoms with van der Waals surface area (Å²) in [6, 6.07) is 9.49. The van der Waals surface area contributed by atoms with Crippen LogP contribution in [0.3, 0.4) is 0 Å². The zero-order valence-electron chi connectivity index (χ0n) is 23.6. The van der Waals surface area contributed by atoms with E-state index in [2.05, 4.69) is 11.8 Å². The molecule has 1 saturated carbocycles.